The van der Waals surface area contributed by atoms with E-state index in [0.29, 0.717) is 33.5 Å². The molecule has 45 heavy (non-hydrogen) atoms. The second kappa shape index (κ2) is 11.6. The van der Waals surface area contributed by atoms with Gasteiger partial charge >= 0.3 is 5.97 Å². The number of methoxy groups -OCH3 is 2. The number of esters is 1. The zero-order valence-electron chi connectivity index (χ0n) is 25.6. The number of halogens is 3. The predicted molar refractivity (Wildman–Crippen MR) is 173 cm³/mol. The molecule has 2 heterocycles. The van der Waals surface area contributed by atoms with Crippen LogP contribution in [0, 0.1) is 23.6 Å². The van der Waals surface area contributed by atoms with Gasteiger partial charge in [-0.15, -0.1) is 0 Å². The van der Waals surface area contributed by atoms with E-state index in [1.165, 1.54) is 7.11 Å². The summed E-state index contributed by atoms with van der Waals surface area (Å²) in [6, 6.07) is 16.5. The first-order chi connectivity index (χ1) is 21.7. The van der Waals surface area contributed by atoms with Crippen molar-refractivity contribution in [3.63, 3.8) is 0 Å². The van der Waals surface area contributed by atoms with Crippen molar-refractivity contribution >= 4 is 40.8 Å². The first-order valence-electron chi connectivity index (χ1n) is 15.8. The molecule has 1 N–H and O–H groups in total. The molecular weight excluding hydrogens is 614 g/mol. The summed E-state index contributed by atoms with van der Waals surface area (Å²) in [6.07, 6.45) is 4.74. The largest absolute Gasteiger partial charge is 0.496 e. The van der Waals surface area contributed by atoms with Crippen LogP contribution in [0.4, 0.5) is 10.1 Å². The Hall–Kier alpha value is -3.13. The van der Waals surface area contributed by atoms with Crippen LogP contribution < -0.4 is 10.1 Å². The Bertz CT molecular complexity index is 1680. The Morgan fingerprint density at radius 2 is 1.89 bits per heavy atom. The van der Waals surface area contributed by atoms with Crippen LogP contribution >= 0.6 is 23.2 Å². The summed E-state index contributed by atoms with van der Waals surface area (Å²) in [6.45, 7) is 2.94. The fourth-order valence-corrected chi connectivity index (χ4v) is 9.17. The molecule has 7 rings (SSSR count). The van der Waals surface area contributed by atoms with Gasteiger partial charge < -0.3 is 14.8 Å². The van der Waals surface area contributed by atoms with Crippen LogP contribution in [-0.4, -0.2) is 43.6 Å². The fourth-order valence-electron chi connectivity index (χ4n) is 8.82. The number of hydrogen-bond donors (Lipinski definition) is 1. The number of carbonyl (C=O) groups is 2. The summed E-state index contributed by atoms with van der Waals surface area (Å²) in [5.41, 5.74) is 2.39. The van der Waals surface area contributed by atoms with E-state index in [0.717, 1.165) is 49.8 Å². The van der Waals surface area contributed by atoms with Crippen LogP contribution in [-0.2, 0) is 15.1 Å². The van der Waals surface area contributed by atoms with Crippen molar-refractivity contribution in [1.29, 1.82) is 0 Å². The van der Waals surface area contributed by atoms with E-state index in [1.54, 1.807) is 31.4 Å². The lowest BCUT2D eigenvalue weighted by Crippen LogP contribution is -2.53. The van der Waals surface area contributed by atoms with Gasteiger partial charge in [-0.2, -0.15) is 0 Å². The van der Waals surface area contributed by atoms with Gasteiger partial charge in [0.05, 0.1) is 19.2 Å². The number of amides is 1. The SMILES string of the molecule is CCC1CC(c2ccc(C(=O)OC)c(OC)c2)CC2C1C(c1cccc(Cl)c1F)C1(C(=O)Nc3cc(Cl)ccc31)N2CC1CC1. The van der Waals surface area contributed by atoms with Gasteiger partial charge in [0.15, 0.2) is 0 Å². The van der Waals surface area contributed by atoms with Gasteiger partial charge in [-0.3, -0.25) is 9.69 Å². The highest BCUT2D eigenvalue weighted by atomic mass is 35.5. The van der Waals surface area contributed by atoms with Gasteiger partial charge in [-0.25, -0.2) is 9.18 Å². The van der Waals surface area contributed by atoms with Gasteiger partial charge in [0.2, 0.25) is 5.91 Å². The number of nitrogens with zero attached hydrogens (tertiary/aromatic N) is 1. The molecule has 3 aromatic rings. The van der Waals surface area contributed by atoms with Crippen molar-refractivity contribution in [1.82, 2.24) is 4.90 Å². The third-order valence-electron chi connectivity index (χ3n) is 10.9. The number of likely N-dealkylation sites (tertiary alicyclic amines) is 1. The minimum atomic E-state index is -1.11. The molecule has 6 nitrogen and oxygen atoms in total. The molecule has 236 valence electrons. The summed E-state index contributed by atoms with van der Waals surface area (Å²) in [4.78, 5) is 29.5. The third kappa shape index (κ3) is 4.76. The quantitative estimate of drug-likeness (QED) is 0.261. The molecule has 2 saturated carbocycles. The van der Waals surface area contributed by atoms with Crippen LogP contribution in [0.3, 0.4) is 0 Å². The maximum atomic E-state index is 16.3. The Labute approximate surface area is 273 Å². The molecule has 6 atom stereocenters. The van der Waals surface area contributed by atoms with E-state index in [9.17, 15) is 9.59 Å². The van der Waals surface area contributed by atoms with Crippen molar-refractivity contribution in [2.75, 3.05) is 26.1 Å². The lowest BCUT2D eigenvalue weighted by Gasteiger charge is -2.43. The molecule has 1 spiro atoms. The highest BCUT2D eigenvalue weighted by Crippen LogP contribution is 2.66. The fraction of sp³-hybridized carbons (Fsp3) is 0.444. The molecule has 0 radical (unpaired) electrons. The Kier molecular flexibility index (Phi) is 7.86. The van der Waals surface area contributed by atoms with Gasteiger partial charge in [0.1, 0.15) is 22.7 Å². The number of carbonyl (C=O) groups excluding carboxylic acids is 2. The van der Waals surface area contributed by atoms with Crippen molar-refractivity contribution in [2.45, 2.75) is 62.4 Å². The molecule has 3 aromatic carbocycles. The van der Waals surface area contributed by atoms with Crippen molar-refractivity contribution in [2.24, 2.45) is 17.8 Å². The monoisotopic (exact) mass is 650 g/mol. The Morgan fingerprint density at radius 1 is 1.09 bits per heavy atom. The summed E-state index contributed by atoms with van der Waals surface area (Å²) >= 11 is 12.9. The maximum Gasteiger partial charge on any atom is 0.341 e. The lowest BCUT2D eigenvalue weighted by atomic mass is 9.61. The predicted octanol–water partition coefficient (Wildman–Crippen LogP) is 8.17. The lowest BCUT2D eigenvalue weighted by molar-refractivity contribution is -0.128. The number of benzene rings is 3. The first-order valence-corrected chi connectivity index (χ1v) is 16.6. The van der Waals surface area contributed by atoms with Crippen LogP contribution in [0.2, 0.25) is 10.0 Å². The number of fused-ring (bicyclic) bond motifs is 3. The molecule has 9 heteroatoms. The number of ether oxygens (including phenoxy) is 2. The zero-order chi connectivity index (χ0) is 31.6. The standard InChI is InChI=1S/C36H37Cl2FN2O4/c1-4-20-14-22(21-10-12-24(34(42)45-3)30(16-21)44-2)15-29-31(20)32(25-6-5-7-27(38)33(25)39)36(41(29)18-19-8-9-19)26-13-11-23(37)17-28(26)40-35(36)43/h5-7,10-13,16-17,19-20,22,29,31-32H,4,8-9,14-15,18H2,1-3H3,(H,40,43). The number of hydrogen-bond acceptors (Lipinski definition) is 5. The van der Waals surface area contributed by atoms with Gasteiger partial charge in [-0.1, -0.05) is 60.8 Å². The summed E-state index contributed by atoms with van der Waals surface area (Å²) in [5.74, 6) is -0.186. The van der Waals surface area contributed by atoms with E-state index >= 15 is 4.39 Å². The summed E-state index contributed by atoms with van der Waals surface area (Å²) in [7, 11) is 2.92. The molecule has 2 aliphatic carbocycles. The zero-order valence-corrected chi connectivity index (χ0v) is 27.1. The summed E-state index contributed by atoms with van der Waals surface area (Å²) in [5, 5.41) is 3.77. The first kappa shape index (κ1) is 30.5. The van der Waals surface area contributed by atoms with E-state index < -0.39 is 23.2 Å². The Morgan fingerprint density at radius 3 is 2.60 bits per heavy atom. The smallest absolute Gasteiger partial charge is 0.341 e. The van der Waals surface area contributed by atoms with Crippen LogP contribution in [0.1, 0.15) is 77.9 Å². The van der Waals surface area contributed by atoms with Gasteiger partial charge in [0.25, 0.3) is 0 Å². The average Bonchev–Trinajstić information content (AvgIpc) is 3.77. The van der Waals surface area contributed by atoms with E-state index in [4.69, 9.17) is 32.7 Å². The number of anilines is 1. The molecule has 0 bridgehead atoms. The molecular formula is C36H37Cl2FN2O4. The third-order valence-corrected chi connectivity index (χ3v) is 11.4. The molecule has 6 unspecified atom stereocenters. The number of nitrogens with one attached hydrogen (secondary N) is 1. The van der Waals surface area contributed by atoms with Crippen molar-refractivity contribution < 1.29 is 23.5 Å². The second-order valence-corrected chi connectivity index (χ2v) is 13.9. The molecule has 1 amide bonds. The maximum absolute atomic E-state index is 16.3. The molecule has 2 aliphatic heterocycles. The highest BCUT2D eigenvalue weighted by Gasteiger charge is 2.69. The van der Waals surface area contributed by atoms with Crippen molar-refractivity contribution in [3.8, 4) is 5.75 Å². The number of rotatable bonds is 7. The molecule has 0 aromatic heterocycles. The average molecular weight is 652 g/mol. The Balaban J connectivity index is 1.41. The minimum absolute atomic E-state index is 0.00147. The van der Waals surface area contributed by atoms with E-state index in [2.05, 4.69) is 17.1 Å². The van der Waals surface area contributed by atoms with E-state index in [1.807, 2.05) is 30.3 Å². The highest BCUT2D eigenvalue weighted by molar-refractivity contribution is 6.31. The summed E-state index contributed by atoms with van der Waals surface area (Å²) < 4.78 is 26.9. The molecule has 3 fully saturated rings. The van der Waals surface area contributed by atoms with Gasteiger partial charge in [0, 0.05) is 34.8 Å². The van der Waals surface area contributed by atoms with Crippen LogP contribution in [0.25, 0.3) is 0 Å². The second-order valence-electron chi connectivity index (χ2n) is 13.1. The van der Waals surface area contributed by atoms with Crippen LogP contribution in [0.5, 0.6) is 5.75 Å². The molecule has 1 saturated heterocycles. The topological polar surface area (TPSA) is 67.9 Å². The molecule has 4 aliphatic rings. The van der Waals surface area contributed by atoms with Crippen LogP contribution in [0.15, 0.2) is 54.6 Å². The normalized spacial score (nSPS) is 28.9. The van der Waals surface area contributed by atoms with Crippen molar-refractivity contribution in [3.05, 3.63) is 92.7 Å². The van der Waals surface area contributed by atoms with E-state index in [-0.39, 0.29) is 34.7 Å². The minimum Gasteiger partial charge on any atom is -0.496 e. The van der Waals surface area contributed by atoms with Gasteiger partial charge in [-0.05, 0) is 90.8 Å².